The maximum atomic E-state index is 12.2. The Labute approximate surface area is 161 Å². The Kier molecular flexibility index (Phi) is 5.71. The van der Waals surface area contributed by atoms with Crippen molar-refractivity contribution >= 4 is 28.7 Å². The Hall–Kier alpha value is -2.52. The van der Waals surface area contributed by atoms with Crippen LogP contribution in [0.1, 0.15) is 34.0 Å². The highest BCUT2D eigenvalue weighted by Crippen LogP contribution is 2.28. The van der Waals surface area contributed by atoms with Crippen molar-refractivity contribution < 1.29 is 14.5 Å². The maximum absolute atomic E-state index is 12.2. The van der Waals surface area contributed by atoms with Crippen LogP contribution in [-0.2, 0) is 11.3 Å². The Balaban J connectivity index is 1.59. The van der Waals surface area contributed by atoms with Gasteiger partial charge in [0.05, 0.1) is 26.9 Å². The number of aryl methyl sites for hydroxylation is 1. The third kappa shape index (κ3) is 4.61. The van der Waals surface area contributed by atoms with E-state index >= 15 is 0 Å². The summed E-state index contributed by atoms with van der Waals surface area (Å²) < 4.78 is 5.74. The molecule has 0 radical (unpaired) electrons. The summed E-state index contributed by atoms with van der Waals surface area (Å²) in [6, 6.07) is 5.18. The van der Waals surface area contributed by atoms with Gasteiger partial charge in [0.25, 0.3) is 11.6 Å². The van der Waals surface area contributed by atoms with Crippen molar-refractivity contribution in [3.8, 4) is 0 Å². The van der Waals surface area contributed by atoms with Crippen LogP contribution in [0.3, 0.4) is 0 Å². The van der Waals surface area contributed by atoms with Crippen molar-refractivity contribution in [1.82, 2.24) is 10.3 Å². The topological polar surface area (TPSA) is 97.6 Å². The molecule has 144 valence electrons. The highest BCUT2D eigenvalue weighted by atomic mass is 32.1. The van der Waals surface area contributed by atoms with Crippen LogP contribution in [0, 0.1) is 17.0 Å². The second-order valence-corrected chi connectivity index (χ2v) is 7.94. The summed E-state index contributed by atoms with van der Waals surface area (Å²) in [5.41, 5.74) is 0.842. The summed E-state index contributed by atoms with van der Waals surface area (Å²) in [6.45, 7) is 7.63. The molecule has 0 bridgehead atoms. The number of nitrogens with zero attached hydrogens (tertiary/aromatic N) is 3. The lowest BCUT2D eigenvalue weighted by Gasteiger charge is -2.36. The number of thiophene rings is 1. The van der Waals surface area contributed by atoms with Gasteiger partial charge in [-0.25, -0.2) is 4.98 Å². The van der Waals surface area contributed by atoms with Gasteiger partial charge in [-0.2, -0.15) is 0 Å². The van der Waals surface area contributed by atoms with E-state index < -0.39 is 4.92 Å². The maximum Gasteiger partial charge on any atom is 0.283 e. The van der Waals surface area contributed by atoms with Crippen molar-refractivity contribution in [2.45, 2.75) is 39.5 Å². The SMILES string of the molecule is Cc1sc(C(=O)NCc2ccc(N3CC(C)OC(C)C3)nc2)cc1[N+](=O)[O-]. The fourth-order valence-electron chi connectivity index (χ4n) is 3.11. The molecule has 2 aromatic rings. The van der Waals surface area contributed by atoms with Crippen LogP contribution in [0.4, 0.5) is 11.5 Å². The minimum absolute atomic E-state index is 0.0230. The Morgan fingerprint density at radius 1 is 1.41 bits per heavy atom. The minimum Gasteiger partial charge on any atom is -0.372 e. The summed E-state index contributed by atoms with van der Waals surface area (Å²) in [7, 11) is 0. The van der Waals surface area contributed by atoms with Crippen LogP contribution >= 0.6 is 11.3 Å². The predicted molar refractivity (Wildman–Crippen MR) is 103 cm³/mol. The van der Waals surface area contributed by atoms with Crippen molar-refractivity contribution in [2.75, 3.05) is 18.0 Å². The average Bonchev–Trinajstić information content (AvgIpc) is 3.01. The first kappa shape index (κ1) is 19.2. The number of rotatable bonds is 5. The fraction of sp³-hybridized carbons (Fsp3) is 0.444. The van der Waals surface area contributed by atoms with Crippen LogP contribution in [-0.4, -0.2) is 41.1 Å². The molecule has 2 atom stereocenters. The van der Waals surface area contributed by atoms with E-state index in [0.29, 0.717) is 16.3 Å². The quantitative estimate of drug-likeness (QED) is 0.623. The van der Waals surface area contributed by atoms with E-state index in [4.69, 9.17) is 4.74 Å². The molecule has 1 saturated heterocycles. The monoisotopic (exact) mass is 390 g/mol. The molecule has 1 aliphatic rings. The number of hydrogen-bond donors (Lipinski definition) is 1. The largest absolute Gasteiger partial charge is 0.372 e. The Morgan fingerprint density at radius 3 is 2.67 bits per heavy atom. The molecule has 2 unspecified atom stereocenters. The van der Waals surface area contributed by atoms with E-state index in [9.17, 15) is 14.9 Å². The smallest absolute Gasteiger partial charge is 0.283 e. The van der Waals surface area contributed by atoms with Crippen molar-refractivity contribution in [2.24, 2.45) is 0 Å². The number of aromatic nitrogens is 1. The third-order valence-electron chi connectivity index (χ3n) is 4.32. The molecule has 3 rings (SSSR count). The number of morpholine rings is 1. The Morgan fingerprint density at radius 2 is 2.11 bits per heavy atom. The van der Waals surface area contributed by atoms with Gasteiger partial charge in [-0.3, -0.25) is 14.9 Å². The number of nitro groups is 1. The molecule has 27 heavy (non-hydrogen) atoms. The van der Waals surface area contributed by atoms with Gasteiger partial charge in [-0.15, -0.1) is 11.3 Å². The molecule has 1 N–H and O–H groups in total. The van der Waals surface area contributed by atoms with Gasteiger partial charge >= 0.3 is 0 Å². The summed E-state index contributed by atoms with van der Waals surface area (Å²) in [5.74, 6) is 0.563. The molecule has 0 spiro atoms. The zero-order valence-electron chi connectivity index (χ0n) is 15.5. The Bertz CT molecular complexity index is 826. The van der Waals surface area contributed by atoms with E-state index in [0.717, 1.165) is 35.8 Å². The van der Waals surface area contributed by atoms with Crippen LogP contribution < -0.4 is 10.2 Å². The van der Waals surface area contributed by atoms with Gasteiger partial charge in [0, 0.05) is 31.9 Å². The normalized spacial score (nSPS) is 19.7. The van der Waals surface area contributed by atoms with Gasteiger partial charge in [0.15, 0.2) is 0 Å². The van der Waals surface area contributed by atoms with E-state index in [1.54, 1.807) is 13.1 Å². The summed E-state index contributed by atoms with van der Waals surface area (Å²) in [5, 5.41) is 13.7. The standard InChI is InChI=1S/C18H22N4O4S/c1-11-9-21(10-12(2)26-11)17-5-4-14(7-19-17)8-20-18(23)16-6-15(22(24)25)13(3)27-16/h4-7,11-12H,8-10H2,1-3H3,(H,20,23). The number of nitrogens with one attached hydrogen (secondary N) is 1. The van der Waals surface area contributed by atoms with Gasteiger partial charge in [-0.1, -0.05) is 6.07 Å². The van der Waals surface area contributed by atoms with Gasteiger partial charge in [0.1, 0.15) is 5.82 Å². The van der Waals surface area contributed by atoms with Gasteiger partial charge in [0.2, 0.25) is 0 Å². The number of carbonyl (C=O) groups excluding carboxylic acids is 1. The van der Waals surface area contributed by atoms with Gasteiger partial charge in [-0.05, 0) is 32.4 Å². The van der Waals surface area contributed by atoms with E-state index in [-0.39, 0.29) is 23.8 Å². The van der Waals surface area contributed by atoms with E-state index in [1.165, 1.54) is 6.07 Å². The second kappa shape index (κ2) is 8.01. The molecule has 0 aliphatic carbocycles. The molecular formula is C18H22N4O4S. The molecule has 0 aromatic carbocycles. The first-order valence-corrected chi connectivity index (χ1v) is 9.53. The molecule has 8 nitrogen and oxygen atoms in total. The molecular weight excluding hydrogens is 368 g/mol. The lowest BCUT2D eigenvalue weighted by molar-refractivity contribution is -0.385. The zero-order valence-corrected chi connectivity index (χ0v) is 16.3. The van der Waals surface area contributed by atoms with Crippen molar-refractivity contribution in [1.29, 1.82) is 0 Å². The molecule has 0 saturated carbocycles. The van der Waals surface area contributed by atoms with Gasteiger partial charge < -0.3 is 15.0 Å². The highest BCUT2D eigenvalue weighted by Gasteiger charge is 2.23. The number of carbonyl (C=O) groups is 1. The predicted octanol–water partition coefficient (Wildman–Crippen LogP) is 2.90. The van der Waals surface area contributed by atoms with Crippen LogP contribution in [0.5, 0.6) is 0 Å². The molecule has 2 aromatic heterocycles. The number of anilines is 1. The fourth-order valence-corrected chi connectivity index (χ4v) is 4.01. The summed E-state index contributed by atoms with van der Waals surface area (Å²) in [4.78, 5) is 30.2. The highest BCUT2D eigenvalue weighted by molar-refractivity contribution is 7.14. The minimum atomic E-state index is -0.474. The summed E-state index contributed by atoms with van der Waals surface area (Å²) >= 11 is 1.12. The van der Waals surface area contributed by atoms with Crippen molar-refractivity contribution in [3.63, 3.8) is 0 Å². The summed E-state index contributed by atoms with van der Waals surface area (Å²) in [6.07, 6.45) is 2.06. The van der Waals surface area contributed by atoms with Crippen LogP contribution in [0.2, 0.25) is 0 Å². The first-order chi connectivity index (χ1) is 12.8. The first-order valence-electron chi connectivity index (χ1n) is 8.72. The number of ether oxygens (including phenoxy) is 1. The molecule has 1 fully saturated rings. The number of amides is 1. The average molecular weight is 390 g/mol. The second-order valence-electron chi connectivity index (χ2n) is 6.68. The lowest BCUT2D eigenvalue weighted by atomic mass is 10.2. The third-order valence-corrected chi connectivity index (χ3v) is 5.36. The number of hydrogen-bond acceptors (Lipinski definition) is 7. The number of pyridine rings is 1. The molecule has 1 amide bonds. The lowest BCUT2D eigenvalue weighted by Crippen LogP contribution is -2.45. The molecule has 1 aliphatic heterocycles. The van der Waals surface area contributed by atoms with E-state index in [2.05, 4.69) is 15.2 Å². The van der Waals surface area contributed by atoms with Crippen LogP contribution in [0.15, 0.2) is 24.4 Å². The zero-order chi connectivity index (χ0) is 19.6. The van der Waals surface area contributed by atoms with E-state index in [1.807, 2.05) is 26.0 Å². The molecule has 9 heteroatoms. The molecule has 3 heterocycles. The van der Waals surface area contributed by atoms with Crippen LogP contribution in [0.25, 0.3) is 0 Å². The van der Waals surface area contributed by atoms with Crippen molar-refractivity contribution in [3.05, 3.63) is 49.8 Å².